The van der Waals surface area contributed by atoms with E-state index in [4.69, 9.17) is 4.74 Å². The number of methoxy groups -OCH3 is 1. The lowest BCUT2D eigenvalue weighted by Crippen LogP contribution is -3.28. The minimum absolute atomic E-state index is 0.467. The predicted molar refractivity (Wildman–Crippen MR) is 75.4 cm³/mol. The Morgan fingerprint density at radius 1 is 1.21 bits per heavy atom. The van der Waals surface area contributed by atoms with Crippen molar-refractivity contribution in [3.05, 3.63) is 29.8 Å². The van der Waals surface area contributed by atoms with E-state index in [1.807, 2.05) is 6.07 Å². The fourth-order valence-corrected chi connectivity index (χ4v) is 3.16. The number of para-hydroxylation sites is 1. The summed E-state index contributed by atoms with van der Waals surface area (Å²) in [4.78, 5) is 3.39. The molecule has 1 aromatic rings. The molecule has 1 heterocycles. The number of ether oxygens (including phenoxy) is 1. The first-order valence-corrected chi connectivity index (χ1v) is 7.40. The SMILES string of the molecule is CC[NH+]1CC[NH+]([C@H](C[NH3+])c2ccccc2OC)CC1. The van der Waals surface area contributed by atoms with Crippen LogP contribution in [0.15, 0.2) is 24.3 Å². The number of nitrogens with one attached hydrogen (secondary N) is 2. The first kappa shape index (κ1) is 14.3. The van der Waals surface area contributed by atoms with Crippen molar-refractivity contribution >= 4 is 0 Å². The molecule has 0 aliphatic carbocycles. The van der Waals surface area contributed by atoms with Gasteiger partial charge in [0.25, 0.3) is 0 Å². The van der Waals surface area contributed by atoms with Gasteiger partial charge in [-0.3, -0.25) is 0 Å². The van der Waals surface area contributed by atoms with Crippen molar-refractivity contribution in [2.45, 2.75) is 13.0 Å². The van der Waals surface area contributed by atoms with Gasteiger partial charge in [0, 0.05) is 0 Å². The molecule has 0 aromatic heterocycles. The number of benzene rings is 1. The van der Waals surface area contributed by atoms with Crippen LogP contribution in [0.1, 0.15) is 18.5 Å². The maximum atomic E-state index is 5.51. The van der Waals surface area contributed by atoms with Gasteiger partial charge in [0.2, 0.25) is 0 Å². The van der Waals surface area contributed by atoms with Crippen molar-refractivity contribution in [1.29, 1.82) is 0 Å². The highest BCUT2D eigenvalue weighted by molar-refractivity contribution is 5.34. The summed E-state index contributed by atoms with van der Waals surface area (Å²) >= 11 is 0. The molecule has 2 rings (SSSR count). The Morgan fingerprint density at radius 3 is 2.47 bits per heavy atom. The highest BCUT2D eigenvalue weighted by atomic mass is 16.5. The van der Waals surface area contributed by atoms with E-state index in [2.05, 4.69) is 30.9 Å². The van der Waals surface area contributed by atoms with Gasteiger partial charge in [0.15, 0.2) is 6.04 Å². The molecule has 1 fully saturated rings. The summed E-state index contributed by atoms with van der Waals surface area (Å²) in [5.74, 6) is 1.01. The molecule has 1 aliphatic heterocycles. The van der Waals surface area contributed by atoms with Gasteiger partial charge in [-0.2, -0.15) is 0 Å². The van der Waals surface area contributed by atoms with Gasteiger partial charge in [0.1, 0.15) is 38.5 Å². The minimum Gasteiger partial charge on any atom is -0.496 e. The first-order valence-electron chi connectivity index (χ1n) is 7.40. The quantitative estimate of drug-likeness (QED) is 0.556. The third-order valence-corrected chi connectivity index (χ3v) is 4.40. The van der Waals surface area contributed by atoms with E-state index >= 15 is 0 Å². The Hall–Kier alpha value is -1.10. The van der Waals surface area contributed by atoms with E-state index in [9.17, 15) is 0 Å². The van der Waals surface area contributed by atoms with Crippen molar-refractivity contribution in [2.75, 3.05) is 46.4 Å². The van der Waals surface area contributed by atoms with Crippen LogP contribution >= 0.6 is 0 Å². The molecular weight excluding hydrogens is 238 g/mol. The zero-order valence-corrected chi connectivity index (χ0v) is 12.2. The Morgan fingerprint density at radius 2 is 1.89 bits per heavy atom. The van der Waals surface area contributed by atoms with Crippen molar-refractivity contribution in [3.8, 4) is 5.75 Å². The molecule has 4 heteroatoms. The molecule has 0 unspecified atom stereocenters. The first-order chi connectivity index (χ1) is 9.30. The number of piperazine rings is 1. The number of hydrogen-bond donors (Lipinski definition) is 3. The summed E-state index contributed by atoms with van der Waals surface area (Å²) < 4.78 is 5.51. The fraction of sp³-hybridized carbons (Fsp3) is 0.600. The fourth-order valence-electron chi connectivity index (χ4n) is 3.16. The second-order valence-corrected chi connectivity index (χ2v) is 5.35. The van der Waals surface area contributed by atoms with E-state index in [0.29, 0.717) is 6.04 Å². The molecule has 0 amide bonds. The van der Waals surface area contributed by atoms with E-state index in [1.165, 1.54) is 38.3 Å². The normalized spacial score (nSPS) is 25.0. The van der Waals surface area contributed by atoms with Crippen LogP contribution in [0, 0.1) is 0 Å². The topological polar surface area (TPSA) is 45.8 Å². The molecule has 0 radical (unpaired) electrons. The van der Waals surface area contributed by atoms with Gasteiger partial charge in [-0.05, 0) is 19.1 Å². The molecule has 0 saturated carbocycles. The van der Waals surface area contributed by atoms with E-state index in [0.717, 1.165) is 12.3 Å². The molecule has 1 aromatic carbocycles. The standard InChI is InChI=1S/C15H25N3O/c1-3-17-8-10-18(11-9-17)14(12-16)13-6-4-5-7-15(13)19-2/h4-7,14H,3,8-12,16H2,1-2H3/p+3/t14-/m1/s1. The molecule has 0 spiro atoms. The van der Waals surface area contributed by atoms with Gasteiger partial charge in [0.05, 0.1) is 19.2 Å². The lowest BCUT2D eigenvalue weighted by atomic mass is 10.0. The van der Waals surface area contributed by atoms with Gasteiger partial charge in [-0.1, -0.05) is 12.1 Å². The van der Waals surface area contributed by atoms with Crippen LogP contribution in [0.3, 0.4) is 0 Å². The largest absolute Gasteiger partial charge is 0.496 e. The van der Waals surface area contributed by atoms with Crippen LogP contribution in [-0.4, -0.2) is 46.4 Å². The molecule has 4 nitrogen and oxygen atoms in total. The Balaban J connectivity index is 2.12. The van der Waals surface area contributed by atoms with E-state index in [1.54, 1.807) is 16.9 Å². The summed E-state index contributed by atoms with van der Waals surface area (Å²) in [7, 11) is 1.76. The van der Waals surface area contributed by atoms with Crippen LogP contribution in [0.4, 0.5) is 0 Å². The Kier molecular flexibility index (Phi) is 5.19. The van der Waals surface area contributed by atoms with Crippen LogP contribution < -0.4 is 20.3 Å². The summed E-state index contributed by atoms with van der Waals surface area (Å²) in [6.45, 7) is 9.48. The Bertz CT molecular complexity index is 389. The maximum Gasteiger partial charge on any atom is 0.166 e. The number of quaternary nitrogens is 3. The van der Waals surface area contributed by atoms with Crippen molar-refractivity contribution < 1.29 is 20.3 Å². The maximum absolute atomic E-state index is 5.51. The highest BCUT2D eigenvalue weighted by Crippen LogP contribution is 2.22. The van der Waals surface area contributed by atoms with Crippen molar-refractivity contribution in [3.63, 3.8) is 0 Å². The third kappa shape index (κ3) is 3.26. The summed E-state index contributed by atoms with van der Waals surface area (Å²) in [5.41, 5.74) is 5.48. The summed E-state index contributed by atoms with van der Waals surface area (Å²) in [5, 5.41) is 0. The van der Waals surface area contributed by atoms with Crippen LogP contribution in [0.25, 0.3) is 0 Å². The van der Waals surface area contributed by atoms with Crippen molar-refractivity contribution in [2.24, 2.45) is 0 Å². The smallest absolute Gasteiger partial charge is 0.166 e. The average molecular weight is 266 g/mol. The molecule has 1 saturated heterocycles. The molecule has 5 N–H and O–H groups in total. The zero-order valence-electron chi connectivity index (χ0n) is 12.2. The molecule has 1 atom stereocenters. The molecule has 19 heavy (non-hydrogen) atoms. The van der Waals surface area contributed by atoms with Gasteiger partial charge in [-0.25, -0.2) is 0 Å². The van der Waals surface area contributed by atoms with Gasteiger partial charge >= 0.3 is 0 Å². The Labute approximate surface area is 116 Å². The lowest BCUT2D eigenvalue weighted by molar-refractivity contribution is -1.03. The lowest BCUT2D eigenvalue weighted by Gasteiger charge is -2.33. The molecule has 1 aliphatic rings. The van der Waals surface area contributed by atoms with Crippen molar-refractivity contribution in [1.82, 2.24) is 0 Å². The van der Waals surface area contributed by atoms with E-state index in [-0.39, 0.29) is 0 Å². The number of likely N-dealkylation sites (N-methyl/N-ethyl adjacent to an activating group) is 1. The zero-order chi connectivity index (χ0) is 13.7. The average Bonchev–Trinajstić information content (AvgIpc) is 2.49. The summed E-state index contributed by atoms with van der Waals surface area (Å²) in [6.07, 6.45) is 0. The second kappa shape index (κ2) is 6.89. The second-order valence-electron chi connectivity index (χ2n) is 5.35. The van der Waals surface area contributed by atoms with Crippen LogP contribution in [0.5, 0.6) is 5.75 Å². The monoisotopic (exact) mass is 266 g/mol. The van der Waals surface area contributed by atoms with E-state index < -0.39 is 0 Å². The molecule has 0 bridgehead atoms. The highest BCUT2D eigenvalue weighted by Gasteiger charge is 2.31. The van der Waals surface area contributed by atoms with Crippen LogP contribution in [-0.2, 0) is 0 Å². The predicted octanol–water partition coefficient (Wildman–Crippen LogP) is -2.22. The van der Waals surface area contributed by atoms with Crippen LogP contribution in [0.2, 0.25) is 0 Å². The molecular formula is C15H28N3O+3. The van der Waals surface area contributed by atoms with Gasteiger partial charge < -0.3 is 20.3 Å². The molecule has 106 valence electrons. The minimum atomic E-state index is 0.467. The number of hydrogen-bond acceptors (Lipinski definition) is 1. The third-order valence-electron chi connectivity index (χ3n) is 4.40. The summed E-state index contributed by atoms with van der Waals surface area (Å²) in [6, 6.07) is 8.87. The van der Waals surface area contributed by atoms with Gasteiger partial charge in [-0.15, -0.1) is 0 Å². The number of rotatable bonds is 5.